The van der Waals surface area contributed by atoms with E-state index in [2.05, 4.69) is 11.1 Å². The van der Waals surface area contributed by atoms with Crippen LogP contribution >= 0.6 is 24.0 Å². The maximum Gasteiger partial charge on any atom is 0.125 e. The SMILES string of the molecule is Cl.NO.ON=Cc1ccc(Cl)cc1O. The molecule has 0 fully saturated rings. The van der Waals surface area contributed by atoms with Crippen LogP contribution in [-0.2, 0) is 0 Å². The first-order valence-electron chi connectivity index (χ1n) is 3.16. The third-order valence-corrected chi connectivity index (χ3v) is 1.42. The monoisotopic (exact) mass is 240 g/mol. The highest BCUT2D eigenvalue weighted by Crippen LogP contribution is 2.19. The van der Waals surface area contributed by atoms with Crippen molar-refractivity contribution in [3.8, 4) is 5.75 Å². The number of hydrogen-bond donors (Lipinski definition) is 4. The first-order chi connectivity index (χ1) is 6.24. The van der Waals surface area contributed by atoms with E-state index in [-0.39, 0.29) is 18.2 Å². The molecule has 0 aliphatic carbocycles. The second-order valence-electron chi connectivity index (χ2n) is 1.95. The summed E-state index contributed by atoms with van der Waals surface area (Å²) in [6.45, 7) is 0. The fourth-order valence-electron chi connectivity index (χ4n) is 0.688. The van der Waals surface area contributed by atoms with Gasteiger partial charge in [-0.1, -0.05) is 16.8 Å². The van der Waals surface area contributed by atoms with E-state index in [4.69, 9.17) is 27.1 Å². The maximum absolute atomic E-state index is 9.14. The average Bonchev–Trinajstić information content (AvgIpc) is 2.14. The van der Waals surface area contributed by atoms with E-state index in [1.807, 2.05) is 0 Å². The van der Waals surface area contributed by atoms with E-state index in [1.165, 1.54) is 6.07 Å². The van der Waals surface area contributed by atoms with Crippen molar-refractivity contribution in [3.05, 3.63) is 28.8 Å². The highest BCUT2D eigenvalue weighted by molar-refractivity contribution is 6.30. The molecule has 0 saturated heterocycles. The molecule has 0 heterocycles. The molecule has 80 valence electrons. The summed E-state index contributed by atoms with van der Waals surface area (Å²) in [5.74, 6) is 3.50. The number of aromatic hydroxyl groups is 1. The lowest BCUT2D eigenvalue weighted by atomic mass is 10.2. The van der Waals surface area contributed by atoms with Crippen LogP contribution in [0.2, 0.25) is 5.02 Å². The average molecular weight is 241 g/mol. The number of halogens is 2. The largest absolute Gasteiger partial charge is 0.507 e. The minimum Gasteiger partial charge on any atom is -0.507 e. The number of nitrogens with zero attached hydrogens (tertiary/aromatic N) is 1. The minimum atomic E-state index is -0.00435. The summed E-state index contributed by atoms with van der Waals surface area (Å²) in [4.78, 5) is 0. The number of nitrogens with two attached hydrogens (primary N) is 1. The molecule has 0 bridgehead atoms. The minimum absolute atomic E-state index is 0. The number of hydrogen-bond acceptors (Lipinski definition) is 5. The Morgan fingerprint density at radius 2 is 1.93 bits per heavy atom. The van der Waals surface area contributed by atoms with Gasteiger partial charge >= 0.3 is 0 Å². The Morgan fingerprint density at radius 1 is 1.36 bits per heavy atom. The smallest absolute Gasteiger partial charge is 0.125 e. The quantitative estimate of drug-likeness (QED) is 0.341. The zero-order valence-electron chi connectivity index (χ0n) is 6.96. The van der Waals surface area contributed by atoms with E-state index in [9.17, 15) is 0 Å². The Morgan fingerprint density at radius 3 is 2.36 bits per heavy atom. The molecule has 0 aliphatic rings. The zero-order valence-corrected chi connectivity index (χ0v) is 8.53. The second-order valence-corrected chi connectivity index (χ2v) is 2.38. The van der Waals surface area contributed by atoms with Gasteiger partial charge < -0.3 is 15.5 Å². The molecule has 0 saturated carbocycles. The van der Waals surface area contributed by atoms with Gasteiger partial charge in [-0.05, 0) is 18.2 Å². The summed E-state index contributed by atoms with van der Waals surface area (Å²) in [5.41, 5.74) is 0.428. The van der Waals surface area contributed by atoms with Gasteiger partial charge in [-0.2, -0.15) is 0 Å². The van der Waals surface area contributed by atoms with Crippen molar-refractivity contribution >= 4 is 30.2 Å². The molecule has 1 aromatic carbocycles. The Kier molecular flexibility index (Phi) is 9.48. The van der Waals surface area contributed by atoms with E-state index in [1.54, 1.807) is 12.1 Å². The molecule has 0 spiro atoms. The molecule has 0 amide bonds. The Balaban J connectivity index is 0. The van der Waals surface area contributed by atoms with Gasteiger partial charge in [0, 0.05) is 10.6 Å². The fraction of sp³-hybridized carbons (Fsp3) is 0. The zero-order chi connectivity index (χ0) is 10.3. The predicted molar refractivity (Wildman–Crippen MR) is 55.7 cm³/mol. The summed E-state index contributed by atoms with van der Waals surface area (Å²) >= 11 is 5.55. The lowest BCUT2D eigenvalue weighted by Crippen LogP contribution is -1.81. The maximum atomic E-state index is 9.14. The van der Waals surface area contributed by atoms with Crippen LogP contribution in [0.25, 0.3) is 0 Å². The molecule has 7 heteroatoms. The molecular formula is C7H10Cl2N2O3. The number of oxime groups is 1. The molecule has 0 atom stereocenters. The molecular weight excluding hydrogens is 231 g/mol. The van der Waals surface area contributed by atoms with Crippen LogP contribution in [0, 0.1) is 0 Å². The van der Waals surface area contributed by atoms with E-state index >= 15 is 0 Å². The van der Waals surface area contributed by atoms with Gasteiger partial charge in [0.05, 0.1) is 6.21 Å². The van der Waals surface area contributed by atoms with Gasteiger partial charge in [-0.25, -0.2) is 5.90 Å². The highest BCUT2D eigenvalue weighted by atomic mass is 35.5. The number of phenolic OH excluding ortho intramolecular Hbond substituents is 1. The molecule has 5 nitrogen and oxygen atoms in total. The summed E-state index contributed by atoms with van der Waals surface area (Å²) in [6, 6.07) is 4.52. The van der Waals surface area contributed by atoms with Crippen molar-refractivity contribution in [1.29, 1.82) is 0 Å². The first-order valence-corrected chi connectivity index (χ1v) is 3.53. The van der Waals surface area contributed by atoms with Crippen LogP contribution < -0.4 is 5.90 Å². The van der Waals surface area contributed by atoms with E-state index < -0.39 is 0 Å². The van der Waals surface area contributed by atoms with Crippen LogP contribution in [0.15, 0.2) is 23.4 Å². The highest BCUT2D eigenvalue weighted by Gasteiger charge is 1.97. The fourth-order valence-corrected chi connectivity index (χ4v) is 0.855. The summed E-state index contributed by atoms with van der Waals surface area (Å²) in [7, 11) is 0. The molecule has 5 N–H and O–H groups in total. The lowest BCUT2D eigenvalue weighted by Gasteiger charge is -1.96. The normalized spacial score (nSPS) is 8.79. The van der Waals surface area contributed by atoms with Gasteiger partial charge in [0.25, 0.3) is 0 Å². The number of rotatable bonds is 1. The molecule has 0 radical (unpaired) electrons. The number of benzene rings is 1. The Labute approximate surface area is 91.8 Å². The van der Waals surface area contributed by atoms with Crippen LogP contribution in [0.3, 0.4) is 0 Å². The van der Waals surface area contributed by atoms with Crippen molar-refractivity contribution in [2.45, 2.75) is 0 Å². The Hall–Kier alpha value is -1.01. The predicted octanol–water partition coefficient (Wildman–Crippen LogP) is 1.61. The standard InChI is InChI=1S/C7H6ClNO2.ClH.H3NO/c8-6-2-1-5(4-9-11)7(10)3-6;;1-2/h1-4,10-11H;1H;2H,1H2. The molecule has 0 aliphatic heterocycles. The molecule has 14 heavy (non-hydrogen) atoms. The summed E-state index contributed by atoms with van der Waals surface area (Å²) < 4.78 is 0. The van der Waals surface area contributed by atoms with Gasteiger partial charge in [-0.15, -0.1) is 12.4 Å². The van der Waals surface area contributed by atoms with Crippen molar-refractivity contribution in [2.24, 2.45) is 11.1 Å². The van der Waals surface area contributed by atoms with Crippen molar-refractivity contribution in [1.82, 2.24) is 0 Å². The van der Waals surface area contributed by atoms with E-state index in [0.29, 0.717) is 10.6 Å². The van der Waals surface area contributed by atoms with Crippen LogP contribution in [0.4, 0.5) is 0 Å². The van der Waals surface area contributed by atoms with Crippen LogP contribution in [-0.4, -0.2) is 21.7 Å². The topological polar surface area (TPSA) is 99.1 Å². The number of phenols is 1. The molecule has 0 unspecified atom stereocenters. The van der Waals surface area contributed by atoms with Crippen molar-refractivity contribution < 1.29 is 15.5 Å². The first kappa shape index (κ1) is 15.5. The Bertz CT molecular complexity index is 294. The van der Waals surface area contributed by atoms with Crippen molar-refractivity contribution in [2.75, 3.05) is 0 Å². The molecule has 0 aromatic heterocycles. The lowest BCUT2D eigenvalue weighted by molar-refractivity contribution is 0.311. The van der Waals surface area contributed by atoms with Crippen molar-refractivity contribution in [3.63, 3.8) is 0 Å². The van der Waals surface area contributed by atoms with Gasteiger partial charge in [0.1, 0.15) is 5.75 Å². The third-order valence-electron chi connectivity index (χ3n) is 1.19. The molecule has 1 aromatic rings. The van der Waals surface area contributed by atoms with Gasteiger partial charge in [0.2, 0.25) is 0 Å². The van der Waals surface area contributed by atoms with Crippen LogP contribution in [0.5, 0.6) is 5.75 Å². The van der Waals surface area contributed by atoms with E-state index in [0.717, 1.165) is 6.21 Å². The van der Waals surface area contributed by atoms with Gasteiger partial charge in [-0.3, -0.25) is 0 Å². The second kappa shape index (κ2) is 8.58. The summed E-state index contributed by atoms with van der Waals surface area (Å²) in [6.07, 6.45) is 1.13. The third kappa shape index (κ3) is 4.88. The summed E-state index contributed by atoms with van der Waals surface area (Å²) in [5, 5.41) is 27.0. The van der Waals surface area contributed by atoms with Crippen LogP contribution in [0.1, 0.15) is 5.56 Å². The van der Waals surface area contributed by atoms with Gasteiger partial charge in [0.15, 0.2) is 0 Å². The molecule has 1 rings (SSSR count).